The van der Waals surface area contributed by atoms with Crippen molar-refractivity contribution in [2.75, 3.05) is 20.3 Å². The highest BCUT2D eigenvalue weighted by molar-refractivity contribution is 5.77. The number of rotatable bonds is 6. The Morgan fingerprint density at radius 2 is 1.94 bits per heavy atom. The van der Waals surface area contributed by atoms with Crippen LogP contribution in [0.3, 0.4) is 0 Å². The molecular formula is C11H21NO4. The summed E-state index contributed by atoms with van der Waals surface area (Å²) >= 11 is 0. The number of carboxylic acids is 1. The molecule has 0 bridgehead atoms. The third-order valence-electron chi connectivity index (χ3n) is 2.47. The molecule has 0 fully saturated rings. The van der Waals surface area contributed by atoms with Crippen LogP contribution in [-0.2, 0) is 14.3 Å². The summed E-state index contributed by atoms with van der Waals surface area (Å²) in [6.45, 7) is 6.25. The van der Waals surface area contributed by atoms with Crippen LogP contribution in [0.25, 0.3) is 0 Å². The first kappa shape index (κ1) is 14.9. The molecule has 94 valence electrons. The Kier molecular flexibility index (Phi) is 6.03. The SMILES string of the molecule is COCC(=O)NCC(CC(=O)O)C(C)(C)C. The second-order valence-corrected chi connectivity index (χ2v) is 4.90. The third-order valence-corrected chi connectivity index (χ3v) is 2.47. The van der Waals surface area contributed by atoms with E-state index in [2.05, 4.69) is 10.1 Å². The van der Waals surface area contributed by atoms with E-state index in [-0.39, 0.29) is 30.3 Å². The van der Waals surface area contributed by atoms with E-state index in [0.717, 1.165) is 0 Å². The van der Waals surface area contributed by atoms with E-state index in [1.54, 1.807) is 0 Å². The molecule has 1 unspecified atom stereocenters. The number of carbonyl (C=O) groups excluding carboxylic acids is 1. The Balaban J connectivity index is 4.23. The van der Waals surface area contributed by atoms with Crippen LogP contribution in [0.5, 0.6) is 0 Å². The number of carbonyl (C=O) groups is 2. The normalized spacial score (nSPS) is 13.2. The Hall–Kier alpha value is -1.10. The van der Waals surface area contributed by atoms with Gasteiger partial charge in [0.2, 0.25) is 5.91 Å². The van der Waals surface area contributed by atoms with Gasteiger partial charge in [-0.25, -0.2) is 0 Å². The number of hydrogen-bond acceptors (Lipinski definition) is 3. The zero-order valence-electron chi connectivity index (χ0n) is 10.4. The Morgan fingerprint density at radius 1 is 1.38 bits per heavy atom. The molecule has 0 aromatic heterocycles. The summed E-state index contributed by atoms with van der Waals surface area (Å²) in [4.78, 5) is 21.9. The maximum Gasteiger partial charge on any atom is 0.303 e. The smallest absolute Gasteiger partial charge is 0.303 e. The second kappa shape index (κ2) is 6.48. The van der Waals surface area contributed by atoms with Gasteiger partial charge in [-0.15, -0.1) is 0 Å². The third kappa shape index (κ3) is 6.40. The quantitative estimate of drug-likeness (QED) is 0.711. The highest BCUT2D eigenvalue weighted by atomic mass is 16.5. The lowest BCUT2D eigenvalue weighted by molar-refractivity contribution is -0.139. The van der Waals surface area contributed by atoms with Crippen LogP contribution >= 0.6 is 0 Å². The van der Waals surface area contributed by atoms with Crippen molar-refractivity contribution in [2.45, 2.75) is 27.2 Å². The number of hydrogen-bond donors (Lipinski definition) is 2. The Morgan fingerprint density at radius 3 is 2.31 bits per heavy atom. The van der Waals surface area contributed by atoms with Crippen molar-refractivity contribution in [3.05, 3.63) is 0 Å². The van der Waals surface area contributed by atoms with Gasteiger partial charge in [0.15, 0.2) is 0 Å². The number of carboxylic acid groups (broad SMARTS) is 1. The minimum Gasteiger partial charge on any atom is -0.481 e. The van der Waals surface area contributed by atoms with Crippen molar-refractivity contribution < 1.29 is 19.4 Å². The van der Waals surface area contributed by atoms with Gasteiger partial charge in [0.05, 0.1) is 6.42 Å². The molecule has 0 spiro atoms. The van der Waals surface area contributed by atoms with Gasteiger partial charge >= 0.3 is 5.97 Å². The van der Waals surface area contributed by atoms with Gasteiger partial charge in [0.25, 0.3) is 0 Å². The average Bonchev–Trinajstić information content (AvgIpc) is 2.10. The van der Waals surface area contributed by atoms with E-state index in [0.29, 0.717) is 6.54 Å². The lowest BCUT2D eigenvalue weighted by Gasteiger charge is -2.29. The average molecular weight is 231 g/mol. The Bertz CT molecular complexity index is 245. The summed E-state index contributed by atoms with van der Waals surface area (Å²) in [7, 11) is 1.44. The Labute approximate surface area is 96.2 Å². The number of aliphatic carboxylic acids is 1. The number of ether oxygens (including phenoxy) is 1. The molecule has 16 heavy (non-hydrogen) atoms. The molecule has 0 rings (SSSR count). The lowest BCUT2D eigenvalue weighted by Crippen LogP contribution is -2.37. The molecule has 1 amide bonds. The van der Waals surface area contributed by atoms with Gasteiger partial charge in [0.1, 0.15) is 6.61 Å². The summed E-state index contributed by atoms with van der Waals surface area (Å²) in [5, 5.41) is 11.4. The molecule has 0 aliphatic heterocycles. The zero-order valence-corrected chi connectivity index (χ0v) is 10.4. The minimum absolute atomic E-state index is 0.00390. The van der Waals surface area contributed by atoms with Gasteiger partial charge in [-0.3, -0.25) is 9.59 Å². The van der Waals surface area contributed by atoms with Gasteiger partial charge in [-0.1, -0.05) is 20.8 Å². The predicted octanol–water partition coefficient (Wildman–Crippen LogP) is 0.886. The van der Waals surface area contributed by atoms with Crippen LogP contribution in [0, 0.1) is 11.3 Å². The second-order valence-electron chi connectivity index (χ2n) is 4.90. The van der Waals surface area contributed by atoms with Crippen LogP contribution < -0.4 is 5.32 Å². The summed E-state index contributed by atoms with van der Waals surface area (Å²) in [5.74, 6) is -1.16. The molecule has 5 heteroatoms. The van der Waals surface area contributed by atoms with Crippen LogP contribution in [-0.4, -0.2) is 37.2 Å². The first-order valence-electron chi connectivity index (χ1n) is 5.24. The molecule has 0 aliphatic carbocycles. The van der Waals surface area contributed by atoms with Crippen molar-refractivity contribution in [1.82, 2.24) is 5.32 Å². The van der Waals surface area contributed by atoms with E-state index in [4.69, 9.17) is 5.11 Å². The fourth-order valence-corrected chi connectivity index (χ4v) is 1.31. The monoisotopic (exact) mass is 231 g/mol. The van der Waals surface area contributed by atoms with Crippen molar-refractivity contribution in [3.63, 3.8) is 0 Å². The molecule has 0 aromatic carbocycles. The van der Waals surface area contributed by atoms with Crippen LogP contribution in [0.15, 0.2) is 0 Å². The molecule has 2 N–H and O–H groups in total. The zero-order chi connectivity index (χ0) is 12.8. The molecule has 0 saturated heterocycles. The van der Waals surface area contributed by atoms with E-state index in [1.165, 1.54) is 7.11 Å². The summed E-state index contributed by atoms with van der Waals surface area (Å²) in [6.07, 6.45) is 0.0523. The fraction of sp³-hybridized carbons (Fsp3) is 0.818. The minimum atomic E-state index is -0.846. The number of amides is 1. The fourth-order valence-electron chi connectivity index (χ4n) is 1.31. The summed E-state index contributed by atoms with van der Waals surface area (Å²) in [5.41, 5.74) is -0.154. The maximum absolute atomic E-state index is 11.2. The predicted molar refractivity (Wildman–Crippen MR) is 60.1 cm³/mol. The van der Waals surface area contributed by atoms with E-state index < -0.39 is 5.97 Å². The molecule has 1 atom stereocenters. The highest BCUT2D eigenvalue weighted by Crippen LogP contribution is 2.28. The van der Waals surface area contributed by atoms with Gasteiger partial charge in [-0.2, -0.15) is 0 Å². The molecule has 0 heterocycles. The number of methoxy groups -OCH3 is 1. The first-order chi connectivity index (χ1) is 7.27. The molecule has 0 aromatic rings. The maximum atomic E-state index is 11.2. The largest absolute Gasteiger partial charge is 0.481 e. The highest BCUT2D eigenvalue weighted by Gasteiger charge is 2.27. The molecular weight excluding hydrogens is 210 g/mol. The molecule has 0 radical (unpaired) electrons. The summed E-state index contributed by atoms with van der Waals surface area (Å²) in [6, 6.07) is 0. The first-order valence-corrected chi connectivity index (χ1v) is 5.24. The molecule has 0 saturated carbocycles. The standard InChI is InChI=1S/C11H21NO4/c1-11(2,3)8(5-10(14)15)6-12-9(13)7-16-4/h8H,5-7H2,1-4H3,(H,12,13)(H,14,15). The van der Waals surface area contributed by atoms with Gasteiger partial charge in [-0.05, 0) is 11.3 Å². The van der Waals surface area contributed by atoms with Crippen molar-refractivity contribution in [2.24, 2.45) is 11.3 Å². The topological polar surface area (TPSA) is 75.6 Å². The van der Waals surface area contributed by atoms with Crippen molar-refractivity contribution in [1.29, 1.82) is 0 Å². The van der Waals surface area contributed by atoms with Gasteiger partial charge in [0, 0.05) is 13.7 Å². The lowest BCUT2D eigenvalue weighted by atomic mass is 9.78. The summed E-state index contributed by atoms with van der Waals surface area (Å²) < 4.78 is 4.67. The van der Waals surface area contributed by atoms with E-state index >= 15 is 0 Å². The molecule has 0 aliphatic rings. The number of nitrogens with one attached hydrogen (secondary N) is 1. The van der Waals surface area contributed by atoms with Crippen molar-refractivity contribution >= 4 is 11.9 Å². The van der Waals surface area contributed by atoms with Crippen LogP contribution in [0.4, 0.5) is 0 Å². The van der Waals surface area contributed by atoms with Crippen LogP contribution in [0.2, 0.25) is 0 Å². The van der Waals surface area contributed by atoms with Gasteiger partial charge < -0.3 is 15.2 Å². The molecule has 5 nitrogen and oxygen atoms in total. The van der Waals surface area contributed by atoms with E-state index in [9.17, 15) is 9.59 Å². The van der Waals surface area contributed by atoms with E-state index in [1.807, 2.05) is 20.8 Å². The van der Waals surface area contributed by atoms with Crippen LogP contribution in [0.1, 0.15) is 27.2 Å². The van der Waals surface area contributed by atoms with Crippen molar-refractivity contribution in [3.8, 4) is 0 Å².